The van der Waals surface area contributed by atoms with E-state index in [4.69, 9.17) is 5.11 Å². The molecule has 0 aromatic carbocycles. The lowest BCUT2D eigenvalue weighted by Gasteiger charge is -2.08. The largest absolute Gasteiger partial charge is 0.391 e. The minimum Gasteiger partial charge on any atom is -0.391 e. The minimum absolute atomic E-state index is 0.150. The van der Waals surface area contributed by atoms with Gasteiger partial charge in [-0.25, -0.2) is 13.1 Å². The van der Waals surface area contributed by atoms with Crippen molar-refractivity contribution in [3.05, 3.63) is 45.4 Å². The third-order valence-electron chi connectivity index (χ3n) is 2.97. The van der Waals surface area contributed by atoms with Crippen molar-refractivity contribution in [3.63, 3.8) is 0 Å². The maximum absolute atomic E-state index is 12.3. The third kappa shape index (κ3) is 3.24. The molecule has 5 nitrogen and oxygen atoms in total. The van der Waals surface area contributed by atoms with Gasteiger partial charge < -0.3 is 5.11 Å². The Kier molecular flexibility index (Phi) is 4.54. The zero-order chi connectivity index (χ0) is 14.8. The molecule has 0 spiro atoms. The molecule has 0 bridgehead atoms. The van der Waals surface area contributed by atoms with E-state index in [1.165, 1.54) is 17.4 Å². The van der Waals surface area contributed by atoms with Gasteiger partial charge in [-0.3, -0.25) is 4.98 Å². The second-order valence-corrected chi connectivity index (χ2v) is 7.49. The van der Waals surface area contributed by atoms with Crippen molar-refractivity contribution in [2.45, 2.75) is 31.9 Å². The first-order chi connectivity index (χ1) is 9.44. The highest BCUT2D eigenvalue weighted by atomic mass is 32.2. The van der Waals surface area contributed by atoms with Crippen molar-refractivity contribution in [3.8, 4) is 0 Å². The number of thiophene rings is 1. The van der Waals surface area contributed by atoms with Crippen LogP contribution in [0.25, 0.3) is 0 Å². The van der Waals surface area contributed by atoms with Gasteiger partial charge in [-0.2, -0.15) is 0 Å². The highest BCUT2D eigenvalue weighted by molar-refractivity contribution is 7.89. The van der Waals surface area contributed by atoms with Crippen LogP contribution in [0.4, 0.5) is 0 Å². The lowest BCUT2D eigenvalue weighted by molar-refractivity contribution is 0.285. The van der Waals surface area contributed by atoms with Crippen molar-refractivity contribution in [2.24, 2.45) is 0 Å². The number of aliphatic hydroxyl groups excluding tert-OH is 1. The van der Waals surface area contributed by atoms with Gasteiger partial charge in [0.25, 0.3) is 0 Å². The fourth-order valence-corrected chi connectivity index (χ4v) is 4.30. The van der Waals surface area contributed by atoms with Gasteiger partial charge in [0, 0.05) is 28.7 Å². The summed E-state index contributed by atoms with van der Waals surface area (Å²) in [5, 5.41) is 9.07. The Morgan fingerprint density at radius 3 is 2.75 bits per heavy atom. The first-order valence-corrected chi connectivity index (χ1v) is 8.33. The van der Waals surface area contributed by atoms with Gasteiger partial charge in [0.05, 0.1) is 11.5 Å². The standard InChI is InChI=1S/C13H16N2O3S2/c1-9-3-4-14-6-11(9)7-15-20(17,18)13-5-12(8-16)19-10(13)2/h3-6,15-16H,7-8H2,1-2H3. The molecule has 0 aliphatic heterocycles. The molecule has 0 aliphatic carbocycles. The minimum atomic E-state index is -3.57. The normalized spacial score (nSPS) is 11.8. The second-order valence-electron chi connectivity index (χ2n) is 4.42. The van der Waals surface area contributed by atoms with E-state index < -0.39 is 10.0 Å². The number of aromatic nitrogens is 1. The molecule has 0 fully saturated rings. The lowest BCUT2D eigenvalue weighted by atomic mass is 10.2. The van der Waals surface area contributed by atoms with Gasteiger partial charge in [0.2, 0.25) is 10.0 Å². The lowest BCUT2D eigenvalue weighted by Crippen LogP contribution is -2.23. The SMILES string of the molecule is Cc1ccncc1CNS(=O)(=O)c1cc(CO)sc1C. The van der Waals surface area contributed by atoms with E-state index in [9.17, 15) is 8.42 Å². The molecule has 0 amide bonds. The Bertz CT molecular complexity index is 708. The molecular weight excluding hydrogens is 296 g/mol. The number of nitrogens with zero attached hydrogens (tertiary/aromatic N) is 1. The fraction of sp³-hybridized carbons (Fsp3) is 0.308. The topological polar surface area (TPSA) is 79.3 Å². The predicted octanol–water partition coefficient (Wildman–Crippen LogP) is 1.73. The van der Waals surface area contributed by atoms with Crippen LogP contribution in [0.15, 0.2) is 29.4 Å². The quantitative estimate of drug-likeness (QED) is 0.881. The summed E-state index contributed by atoms with van der Waals surface area (Å²) in [4.78, 5) is 5.53. The van der Waals surface area contributed by atoms with Crippen LogP contribution in [-0.2, 0) is 23.2 Å². The highest BCUT2D eigenvalue weighted by Gasteiger charge is 2.19. The van der Waals surface area contributed by atoms with E-state index in [0.29, 0.717) is 9.75 Å². The van der Waals surface area contributed by atoms with Crippen molar-refractivity contribution >= 4 is 21.4 Å². The number of sulfonamides is 1. The Balaban J connectivity index is 2.19. The Hall–Kier alpha value is -1.28. The molecule has 2 aromatic rings. The van der Waals surface area contributed by atoms with E-state index in [1.54, 1.807) is 19.3 Å². The third-order valence-corrected chi connectivity index (χ3v) is 5.66. The first kappa shape index (κ1) is 15.1. The molecule has 0 saturated carbocycles. The van der Waals surface area contributed by atoms with Gasteiger partial charge in [0.1, 0.15) is 0 Å². The predicted molar refractivity (Wildman–Crippen MR) is 78.0 cm³/mol. The maximum Gasteiger partial charge on any atom is 0.241 e. The number of pyridine rings is 1. The number of rotatable bonds is 5. The monoisotopic (exact) mass is 312 g/mol. The first-order valence-electron chi connectivity index (χ1n) is 6.03. The Morgan fingerprint density at radius 1 is 1.40 bits per heavy atom. The van der Waals surface area contributed by atoms with Crippen molar-refractivity contribution in [1.29, 1.82) is 0 Å². The summed E-state index contributed by atoms with van der Waals surface area (Å²) in [6, 6.07) is 3.35. The van der Waals surface area contributed by atoms with E-state index in [0.717, 1.165) is 11.1 Å². The molecule has 0 aliphatic rings. The van der Waals surface area contributed by atoms with Crippen LogP contribution < -0.4 is 4.72 Å². The van der Waals surface area contributed by atoms with E-state index >= 15 is 0 Å². The van der Waals surface area contributed by atoms with Gasteiger partial charge in [-0.05, 0) is 37.1 Å². The van der Waals surface area contributed by atoms with Crippen molar-refractivity contribution < 1.29 is 13.5 Å². The van der Waals surface area contributed by atoms with Gasteiger partial charge in [-0.15, -0.1) is 11.3 Å². The summed E-state index contributed by atoms with van der Waals surface area (Å²) < 4.78 is 27.1. The average Bonchev–Trinajstić information content (AvgIpc) is 2.80. The molecule has 0 atom stereocenters. The smallest absolute Gasteiger partial charge is 0.241 e. The molecule has 2 rings (SSSR count). The molecule has 2 N–H and O–H groups in total. The van der Waals surface area contributed by atoms with E-state index in [2.05, 4.69) is 9.71 Å². The number of nitrogens with one attached hydrogen (secondary N) is 1. The van der Waals surface area contributed by atoms with Crippen LogP contribution in [0.3, 0.4) is 0 Å². The summed E-state index contributed by atoms with van der Waals surface area (Å²) in [7, 11) is -3.57. The van der Waals surface area contributed by atoms with Crippen LogP contribution in [-0.4, -0.2) is 18.5 Å². The summed E-state index contributed by atoms with van der Waals surface area (Å²) in [5.74, 6) is 0. The van der Waals surface area contributed by atoms with E-state index in [1.807, 2.05) is 13.0 Å². The van der Waals surface area contributed by atoms with Crippen molar-refractivity contribution in [1.82, 2.24) is 9.71 Å². The fourth-order valence-electron chi connectivity index (χ4n) is 1.80. The van der Waals surface area contributed by atoms with Crippen LogP contribution in [0.1, 0.15) is 20.9 Å². The molecule has 0 saturated heterocycles. The number of hydrogen-bond acceptors (Lipinski definition) is 5. The van der Waals surface area contributed by atoms with Crippen molar-refractivity contribution in [2.75, 3.05) is 0 Å². The van der Waals surface area contributed by atoms with Gasteiger partial charge in [-0.1, -0.05) is 0 Å². The number of hydrogen-bond donors (Lipinski definition) is 2. The van der Waals surface area contributed by atoms with Crippen LogP contribution in [0.2, 0.25) is 0 Å². The maximum atomic E-state index is 12.3. The Morgan fingerprint density at radius 2 is 2.15 bits per heavy atom. The highest BCUT2D eigenvalue weighted by Crippen LogP contribution is 2.25. The second kappa shape index (κ2) is 6.01. The van der Waals surface area contributed by atoms with Crippen LogP contribution >= 0.6 is 11.3 Å². The molecule has 0 radical (unpaired) electrons. The van der Waals surface area contributed by atoms with E-state index in [-0.39, 0.29) is 18.0 Å². The summed E-state index contributed by atoms with van der Waals surface area (Å²) in [6.07, 6.45) is 3.32. The zero-order valence-electron chi connectivity index (χ0n) is 11.3. The Labute approximate surface area is 122 Å². The van der Waals surface area contributed by atoms with Gasteiger partial charge in [0.15, 0.2) is 0 Å². The summed E-state index contributed by atoms with van der Waals surface area (Å²) in [6.45, 7) is 3.69. The number of aliphatic hydroxyl groups is 1. The van der Waals surface area contributed by atoms with Crippen LogP contribution in [0.5, 0.6) is 0 Å². The molecule has 0 unspecified atom stereocenters. The molecule has 2 aromatic heterocycles. The molecule has 2 heterocycles. The summed E-state index contributed by atoms with van der Waals surface area (Å²) >= 11 is 1.28. The average molecular weight is 312 g/mol. The zero-order valence-corrected chi connectivity index (χ0v) is 12.9. The number of aryl methyl sites for hydroxylation is 2. The van der Waals surface area contributed by atoms with Gasteiger partial charge >= 0.3 is 0 Å². The molecule has 20 heavy (non-hydrogen) atoms. The van der Waals surface area contributed by atoms with Crippen LogP contribution in [0, 0.1) is 13.8 Å². The molecule has 108 valence electrons. The summed E-state index contributed by atoms with van der Waals surface area (Å²) in [5.41, 5.74) is 1.83. The molecular formula is C13H16N2O3S2. The molecule has 7 heteroatoms.